The molecule has 1 fully saturated rings. The second kappa shape index (κ2) is 9.60. The van der Waals surface area contributed by atoms with Gasteiger partial charge in [0.15, 0.2) is 0 Å². The summed E-state index contributed by atoms with van der Waals surface area (Å²) in [6.45, 7) is 2.75. The Morgan fingerprint density at radius 1 is 1.07 bits per heavy atom. The Balaban J connectivity index is 1.42. The number of benzene rings is 2. The summed E-state index contributed by atoms with van der Waals surface area (Å²) in [6.07, 6.45) is 0.0207. The molecule has 0 aromatic heterocycles. The minimum Gasteiger partial charge on any atom is -0.406 e. The summed E-state index contributed by atoms with van der Waals surface area (Å²) in [5.41, 5.74) is 1.90. The Kier molecular flexibility index (Phi) is 6.93. The monoisotopic (exact) mass is 404 g/mol. The van der Waals surface area contributed by atoms with Crippen LogP contribution in [0.3, 0.4) is 0 Å². The summed E-state index contributed by atoms with van der Waals surface area (Å²) in [6, 6.07) is 15.8. The number of piperidine rings is 1. The van der Waals surface area contributed by atoms with Gasteiger partial charge in [-0.2, -0.15) is 0 Å². The maximum absolute atomic E-state index is 12.2. The normalized spacial score (nSPS) is 16.1. The summed E-state index contributed by atoms with van der Waals surface area (Å²) in [7, 11) is 0. The molecule has 0 spiro atoms. The molecule has 4 nitrogen and oxygen atoms in total. The molecule has 3 rings (SSSR count). The van der Waals surface area contributed by atoms with Gasteiger partial charge >= 0.3 is 6.36 Å². The van der Waals surface area contributed by atoms with Crippen molar-refractivity contribution in [2.24, 2.45) is 0 Å². The van der Waals surface area contributed by atoms with E-state index in [4.69, 9.17) is 0 Å². The van der Waals surface area contributed by atoms with E-state index in [1.54, 1.807) is 6.08 Å². The van der Waals surface area contributed by atoms with Crippen LogP contribution in [0, 0.1) is 0 Å². The smallest absolute Gasteiger partial charge is 0.406 e. The standard InChI is InChI=1S/C22H23F3N2O2/c23-22(24,25)29-20-9-6-17(7-10-20)8-11-21(28)26-19-12-14-27(15-13-19)16-18-4-2-1-3-5-18/h1-11,19H,12-16H2,(H,26,28)/b11-8+. The van der Waals surface area contributed by atoms with Crippen LogP contribution in [-0.2, 0) is 11.3 Å². The second-order valence-corrected chi connectivity index (χ2v) is 6.99. The largest absolute Gasteiger partial charge is 0.573 e. The van der Waals surface area contributed by atoms with E-state index in [0.29, 0.717) is 5.56 Å². The third kappa shape index (κ3) is 7.27. The molecule has 0 aliphatic carbocycles. The van der Waals surface area contributed by atoms with E-state index in [1.807, 2.05) is 18.2 Å². The molecular formula is C22H23F3N2O2. The Morgan fingerprint density at radius 2 is 1.72 bits per heavy atom. The first-order chi connectivity index (χ1) is 13.9. The molecule has 7 heteroatoms. The van der Waals surface area contributed by atoms with Crippen molar-refractivity contribution < 1.29 is 22.7 Å². The molecule has 0 radical (unpaired) electrons. The second-order valence-electron chi connectivity index (χ2n) is 6.99. The van der Waals surface area contributed by atoms with E-state index in [2.05, 4.69) is 27.1 Å². The van der Waals surface area contributed by atoms with Gasteiger partial charge in [-0.3, -0.25) is 9.69 Å². The molecular weight excluding hydrogens is 381 g/mol. The summed E-state index contributed by atoms with van der Waals surface area (Å²) >= 11 is 0. The Bertz CT molecular complexity index is 812. The maximum Gasteiger partial charge on any atom is 0.573 e. The summed E-state index contributed by atoms with van der Waals surface area (Å²) in [5, 5.41) is 2.99. The Hall–Kier alpha value is -2.80. The minimum atomic E-state index is -4.71. The van der Waals surface area contributed by atoms with E-state index >= 15 is 0 Å². The topological polar surface area (TPSA) is 41.6 Å². The number of hydrogen-bond acceptors (Lipinski definition) is 3. The van der Waals surface area contributed by atoms with Crippen molar-refractivity contribution >= 4 is 12.0 Å². The average molecular weight is 404 g/mol. The van der Waals surface area contributed by atoms with Crippen LogP contribution in [-0.4, -0.2) is 36.3 Å². The van der Waals surface area contributed by atoms with Crippen LogP contribution in [0.4, 0.5) is 13.2 Å². The van der Waals surface area contributed by atoms with Crippen molar-refractivity contribution in [1.29, 1.82) is 0 Å². The number of nitrogens with zero attached hydrogens (tertiary/aromatic N) is 1. The number of halogens is 3. The van der Waals surface area contributed by atoms with Crippen molar-refractivity contribution in [3.05, 3.63) is 71.8 Å². The number of hydrogen-bond donors (Lipinski definition) is 1. The first kappa shape index (κ1) is 20.9. The zero-order valence-electron chi connectivity index (χ0n) is 15.9. The molecule has 2 aromatic carbocycles. The lowest BCUT2D eigenvalue weighted by Gasteiger charge is -2.32. The number of nitrogens with one attached hydrogen (secondary N) is 1. The highest BCUT2D eigenvalue weighted by atomic mass is 19.4. The molecule has 1 N–H and O–H groups in total. The van der Waals surface area contributed by atoms with Gasteiger partial charge in [0, 0.05) is 31.8 Å². The molecule has 0 saturated carbocycles. The van der Waals surface area contributed by atoms with E-state index < -0.39 is 6.36 Å². The van der Waals surface area contributed by atoms with Crippen LogP contribution < -0.4 is 10.1 Å². The first-order valence-corrected chi connectivity index (χ1v) is 9.48. The Morgan fingerprint density at radius 3 is 2.34 bits per heavy atom. The fraction of sp³-hybridized carbons (Fsp3) is 0.318. The predicted molar refractivity (Wildman–Crippen MR) is 105 cm³/mol. The van der Waals surface area contributed by atoms with Gasteiger partial charge in [0.2, 0.25) is 5.91 Å². The van der Waals surface area contributed by atoms with Crippen molar-refractivity contribution in [3.63, 3.8) is 0 Å². The lowest BCUT2D eigenvalue weighted by molar-refractivity contribution is -0.274. The van der Waals surface area contributed by atoms with Crippen molar-refractivity contribution in [1.82, 2.24) is 10.2 Å². The van der Waals surface area contributed by atoms with Gasteiger partial charge in [0.05, 0.1) is 0 Å². The van der Waals surface area contributed by atoms with Gasteiger partial charge in [0.1, 0.15) is 5.75 Å². The molecule has 1 aliphatic rings. The predicted octanol–water partition coefficient (Wildman–Crippen LogP) is 4.38. The highest BCUT2D eigenvalue weighted by molar-refractivity contribution is 5.91. The van der Waals surface area contributed by atoms with Gasteiger partial charge in [-0.15, -0.1) is 13.2 Å². The molecule has 1 amide bonds. The minimum absolute atomic E-state index is 0.127. The quantitative estimate of drug-likeness (QED) is 0.727. The number of alkyl halides is 3. The fourth-order valence-corrected chi connectivity index (χ4v) is 3.28. The molecule has 1 heterocycles. The van der Waals surface area contributed by atoms with Crippen LogP contribution in [0.15, 0.2) is 60.7 Å². The molecule has 29 heavy (non-hydrogen) atoms. The first-order valence-electron chi connectivity index (χ1n) is 9.48. The SMILES string of the molecule is O=C(/C=C/c1ccc(OC(F)(F)F)cc1)NC1CCN(Cc2ccccc2)CC1. The number of carbonyl (C=O) groups is 1. The van der Waals surface area contributed by atoms with E-state index in [1.165, 1.54) is 35.9 Å². The number of amides is 1. The highest BCUT2D eigenvalue weighted by Crippen LogP contribution is 2.23. The lowest BCUT2D eigenvalue weighted by atomic mass is 10.0. The van der Waals surface area contributed by atoms with Crippen molar-refractivity contribution in [2.45, 2.75) is 31.8 Å². The van der Waals surface area contributed by atoms with Crippen LogP contribution in [0.1, 0.15) is 24.0 Å². The van der Waals surface area contributed by atoms with Crippen molar-refractivity contribution in [3.8, 4) is 5.75 Å². The Labute approximate surface area is 168 Å². The van der Waals surface area contributed by atoms with Crippen LogP contribution >= 0.6 is 0 Å². The maximum atomic E-state index is 12.2. The molecule has 2 aromatic rings. The van der Waals surface area contributed by atoms with Crippen LogP contribution in [0.25, 0.3) is 6.08 Å². The number of likely N-dealkylation sites (tertiary alicyclic amines) is 1. The van der Waals surface area contributed by atoms with Crippen molar-refractivity contribution in [2.75, 3.05) is 13.1 Å². The summed E-state index contributed by atoms with van der Waals surface area (Å²) in [5.74, 6) is -0.497. The highest BCUT2D eigenvalue weighted by Gasteiger charge is 2.30. The fourth-order valence-electron chi connectivity index (χ4n) is 3.28. The molecule has 0 unspecified atom stereocenters. The molecule has 0 bridgehead atoms. The summed E-state index contributed by atoms with van der Waals surface area (Å²) < 4.78 is 40.3. The van der Waals surface area contributed by atoms with E-state index in [9.17, 15) is 18.0 Å². The van der Waals surface area contributed by atoms with Gasteiger partial charge in [-0.05, 0) is 42.2 Å². The number of rotatable bonds is 6. The van der Waals surface area contributed by atoms with E-state index in [0.717, 1.165) is 32.5 Å². The molecule has 1 aliphatic heterocycles. The van der Waals surface area contributed by atoms with Gasteiger partial charge in [-0.25, -0.2) is 0 Å². The molecule has 0 atom stereocenters. The third-order valence-corrected chi connectivity index (χ3v) is 4.72. The summed E-state index contributed by atoms with van der Waals surface area (Å²) in [4.78, 5) is 14.5. The zero-order chi connectivity index (χ0) is 20.7. The lowest BCUT2D eigenvalue weighted by Crippen LogP contribution is -2.43. The number of ether oxygens (including phenoxy) is 1. The van der Waals surface area contributed by atoms with E-state index in [-0.39, 0.29) is 17.7 Å². The third-order valence-electron chi connectivity index (χ3n) is 4.72. The average Bonchev–Trinajstić information content (AvgIpc) is 2.69. The zero-order valence-corrected chi connectivity index (χ0v) is 15.9. The van der Waals surface area contributed by atoms with Gasteiger partial charge in [-0.1, -0.05) is 42.5 Å². The van der Waals surface area contributed by atoms with Crippen LogP contribution in [0.2, 0.25) is 0 Å². The van der Waals surface area contributed by atoms with Crippen LogP contribution in [0.5, 0.6) is 5.75 Å². The number of carbonyl (C=O) groups excluding carboxylic acids is 1. The van der Waals surface area contributed by atoms with Gasteiger partial charge in [0.25, 0.3) is 0 Å². The molecule has 1 saturated heterocycles. The van der Waals surface area contributed by atoms with Gasteiger partial charge < -0.3 is 10.1 Å². The molecule has 154 valence electrons.